The first-order valence-corrected chi connectivity index (χ1v) is 7.03. The number of benzene rings is 1. The normalized spacial score (nSPS) is 24.3. The van der Waals surface area contributed by atoms with Crippen LogP contribution in [0.3, 0.4) is 0 Å². The number of hydrogen-bond donors (Lipinski definition) is 0. The summed E-state index contributed by atoms with van der Waals surface area (Å²) in [6.45, 7) is 0. The van der Waals surface area contributed by atoms with Crippen LogP contribution in [0.5, 0.6) is 0 Å². The van der Waals surface area contributed by atoms with E-state index in [0.717, 1.165) is 30.3 Å². The molecule has 2 bridgehead atoms. The number of carbonyl (C=O) groups is 1. The van der Waals surface area contributed by atoms with Gasteiger partial charge in [-0.25, -0.2) is 0 Å². The van der Waals surface area contributed by atoms with Gasteiger partial charge in [0, 0.05) is 24.0 Å². The van der Waals surface area contributed by atoms with Gasteiger partial charge < -0.3 is 4.90 Å². The Morgan fingerprint density at radius 1 is 1.15 bits per heavy atom. The zero-order valence-corrected chi connectivity index (χ0v) is 11.1. The highest BCUT2D eigenvalue weighted by Crippen LogP contribution is 2.32. The van der Waals surface area contributed by atoms with Gasteiger partial charge in [-0.3, -0.25) is 14.8 Å². The first kappa shape index (κ1) is 11.6. The molecule has 20 heavy (non-hydrogen) atoms. The van der Waals surface area contributed by atoms with Crippen LogP contribution < -0.4 is 0 Å². The predicted molar refractivity (Wildman–Crippen MR) is 76.3 cm³/mol. The molecule has 0 unspecified atom stereocenters. The lowest BCUT2D eigenvalue weighted by molar-refractivity contribution is 0.0689. The molecule has 0 aliphatic carbocycles. The molecule has 2 aliphatic rings. The van der Waals surface area contributed by atoms with Gasteiger partial charge in [-0.2, -0.15) is 0 Å². The Labute approximate surface area is 117 Å². The largest absolute Gasteiger partial charge is 0.329 e. The zero-order chi connectivity index (χ0) is 13.5. The Morgan fingerprint density at radius 2 is 2.00 bits per heavy atom. The highest BCUT2D eigenvalue weighted by atomic mass is 16.2. The van der Waals surface area contributed by atoms with Crippen molar-refractivity contribution < 1.29 is 4.79 Å². The lowest BCUT2D eigenvalue weighted by atomic mass is 10.1. The summed E-state index contributed by atoms with van der Waals surface area (Å²) in [7, 11) is 0. The summed E-state index contributed by atoms with van der Waals surface area (Å²) < 4.78 is 0. The van der Waals surface area contributed by atoms with Crippen LogP contribution in [-0.2, 0) is 0 Å². The number of carbonyl (C=O) groups excluding carboxylic acids is 1. The summed E-state index contributed by atoms with van der Waals surface area (Å²) in [5.74, 6) is 0.120. The number of aromatic nitrogens is 2. The van der Waals surface area contributed by atoms with E-state index in [1.165, 1.54) is 0 Å². The van der Waals surface area contributed by atoms with Crippen molar-refractivity contribution >= 4 is 16.9 Å². The standard InChI is InChI=1S/C16H15N3O/c20-16(19-12-2-1-3-13(19)6-5-12)11-4-7-14-15(10-11)18-9-8-17-14/h1-2,4,7-10,12-13H,3,5-6H2/t12-,13-/m0/s1. The first-order chi connectivity index (χ1) is 9.83. The molecule has 1 aromatic heterocycles. The van der Waals surface area contributed by atoms with E-state index in [0.29, 0.717) is 11.6 Å². The molecular weight excluding hydrogens is 250 g/mol. The van der Waals surface area contributed by atoms with Gasteiger partial charge in [0.25, 0.3) is 5.91 Å². The Hall–Kier alpha value is -2.23. The van der Waals surface area contributed by atoms with Crippen LogP contribution in [0.2, 0.25) is 0 Å². The molecule has 2 atom stereocenters. The predicted octanol–water partition coefficient (Wildman–Crippen LogP) is 2.56. The lowest BCUT2D eigenvalue weighted by Crippen LogP contribution is -2.42. The van der Waals surface area contributed by atoms with Crippen molar-refractivity contribution in [3.8, 4) is 0 Å². The maximum absolute atomic E-state index is 12.7. The van der Waals surface area contributed by atoms with Crippen molar-refractivity contribution in [3.05, 3.63) is 48.3 Å². The quantitative estimate of drug-likeness (QED) is 0.744. The van der Waals surface area contributed by atoms with Gasteiger partial charge in [0.2, 0.25) is 0 Å². The second kappa shape index (κ2) is 4.40. The van der Waals surface area contributed by atoms with Crippen molar-refractivity contribution in [1.82, 2.24) is 14.9 Å². The molecule has 1 amide bonds. The van der Waals surface area contributed by atoms with E-state index >= 15 is 0 Å². The summed E-state index contributed by atoms with van der Waals surface area (Å²) in [6, 6.07) is 6.23. The topological polar surface area (TPSA) is 46.1 Å². The first-order valence-electron chi connectivity index (χ1n) is 7.03. The van der Waals surface area contributed by atoms with Crippen LogP contribution >= 0.6 is 0 Å². The maximum Gasteiger partial charge on any atom is 0.254 e. The average Bonchev–Trinajstić information content (AvgIpc) is 2.75. The Bertz CT molecular complexity index is 710. The van der Waals surface area contributed by atoms with Gasteiger partial charge >= 0.3 is 0 Å². The molecule has 0 N–H and O–H groups in total. The molecular formula is C16H15N3O. The summed E-state index contributed by atoms with van der Waals surface area (Å²) in [4.78, 5) is 23.3. The second-order valence-electron chi connectivity index (χ2n) is 5.43. The Morgan fingerprint density at radius 3 is 2.85 bits per heavy atom. The number of fused-ring (bicyclic) bond motifs is 3. The third-order valence-corrected chi connectivity index (χ3v) is 4.26. The summed E-state index contributed by atoms with van der Waals surface area (Å²) in [5, 5.41) is 0. The molecule has 1 fully saturated rings. The molecule has 0 saturated carbocycles. The van der Waals surface area contributed by atoms with Gasteiger partial charge in [-0.15, -0.1) is 0 Å². The Kier molecular flexibility index (Phi) is 2.55. The van der Waals surface area contributed by atoms with E-state index in [1.54, 1.807) is 12.4 Å². The van der Waals surface area contributed by atoms with Gasteiger partial charge in [-0.05, 0) is 37.5 Å². The van der Waals surface area contributed by atoms with E-state index in [4.69, 9.17) is 0 Å². The van der Waals surface area contributed by atoms with Crippen molar-refractivity contribution in [3.63, 3.8) is 0 Å². The number of rotatable bonds is 1. The minimum absolute atomic E-state index is 0.120. The molecule has 4 rings (SSSR count). The van der Waals surface area contributed by atoms with Gasteiger partial charge in [-0.1, -0.05) is 12.2 Å². The van der Waals surface area contributed by atoms with E-state index in [-0.39, 0.29) is 11.9 Å². The van der Waals surface area contributed by atoms with Crippen molar-refractivity contribution in [1.29, 1.82) is 0 Å². The molecule has 100 valence electrons. The number of nitrogens with zero attached hydrogens (tertiary/aromatic N) is 3. The van der Waals surface area contributed by atoms with Gasteiger partial charge in [0.1, 0.15) is 0 Å². The minimum atomic E-state index is 0.120. The van der Waals surface area contributed by atoms with Crippen molar-refractivity contribution in [2.24, 2.45) is 0 Å². The summed E-state index contributed by atoms with van der Waals surface area (Å²) >= 11 is 0. The van der Waals surface area contributed by atoms with Crippen LogP contribution in [0.25, 0.3) is 11.0 Å². The fraction of sp³-hybridized carbons (Fsp3) is 0.312. The molecule has 0 spiro atoms. The fourth-order valence-electron chi connectivity index (χ4n) is 3.29. The molecule has 2 aliphatic heterocycles. The van der Waals surface area contributed by atoms with Gasteiger partial charge in [0.15, 0.2) is 0 Å². The second-order valence-corrected chi connectivity index (χ2v) is 5.43. The molecule has 2 aromatic rings. The molecule has 4 heteroatoms. The highest BCUT2D eigenvalue weighted by Gasteiger charge is 2.37. The van der Waals surface area contributed by atoms with Crippen molar-refractivity contribution in [2.75, 3.05) is 0 Å². The minimum Gasteiger partial charge on any atom is -0.329 e. The number of hydrogen-bond acceptors (Lipinski definition) is 3. The lowest BCUT2D eigenvalue weighted by Gasteiger charge is -2.31. The zero-order valence-electron chi connectivity index (χ0n) is 11.1. The molecule has 1 aromatic carbocycles. The number of amides is 1. The van der Waals surface area contributed by atoms with Crippen LogP contribution in [0.1, 0.15) is 29.6 Å². The Balaban J connectivity index is 1.72. The summed E-state index contributed by atoms with van der Waals surface area (Å²) in [6.07, 6.45) is 10.9. The van der Waals surface area contributed by atoms with E-state index in [1.807, 2.05) is 23.1 Å². The molecule has 1 saturated heterocycles. The fourth-order valence-corrected chi connectivity index (χ4v) is 3.29. The van der Waals surface area contributed by atoms with E-state index in [2.05, 4.69) is 22.1 Å². The SMILES string of the molecule is O=C(c1ccc2nccnc2c1)N1[C@H]2CC=C[C@H]1CC2. The van der Waals surface area contributed by atoms with Crippen LogP contribution in [0, 0.1) is 0 Å². The third-order valence-electron chi connectivity index (χ3n) is 4.26. The maximum atomic E-state index is 12.7. The smallest absolute Gasteiger partial charge is 0.254 e. The van der Waals surface area contributed by atoms with Crippen LogP contribution in [-0.4, -0.2) is 32.9 Å². The summed E-state index contributed by atoms with van der Waals surface area (Å²) in [5.41, 5.74) is 2.31. The average molecular weight is 265 g/mol. The molecule has 0 radical (unpaired) electrons. The van der Waals surface area contributed by atoms with Crippen molar-refractivity contribution in [2.45, 2.75) is 31.3 Å². The molecule has 4 nitrogen and oxygen atoms in total. The van der Waals surface area contributed by atoms with E-state index in [9.17, 15) is 4.79 Å². The third kappa shape index (κ3) is 1.72. The van der Waals surface area contributed by atoms with E-state index < -0.39 is 0 Å². The van der Waals surface area contributed by atoms with Crippen LogP contribution in [0.4, 0.5) is 0 Å². The molecule has 3 heterocycles. The monoisotopic (exact) mass is 265 g/mol. The van der Waals surface area contributed by atoms with Gasteiger partial charge in [0.05, 0.1) is 17.1 Å². The highest BCUT2D eigenvalue weighted by molar-refractivity contribution is 5.98. The van der Waals surface area contributed by atoms with Crippen LogP contribution in [0.15, 0.2) is 42.7 Å².